The quantitative estimate of drug-likeness (QED) is 0.587. The van der Waals surface area contributed by atoms with E-state index < -0.39 is 23.4 Å². The highest BCUT2D eigenvalue weighted by Crippen LogP contribution is 2.29. The summed E-state index contributed by atoms with van der Waals surface area (Å²) < 4.78 is 1.88. The maximum absolute atomic E-state index is 13.0. The molecule has 0 radical (unpaired) electrons. The topological polar surface area (TPSA) is 96.3 Å². The Labute approximate surface area is 186 Å². The first-order valence-corrected chi connectivity index (χ1v) is 10.4. The summed E-state index contributed by atoms with van der Waals surface area (Å²) in [6.07, 6.45) is 5.27. The Morgan fingerprint density at radius 3 is 2.44 bits per heavy atom. The van der Waals surface area contributed by atoms with Crippen molar-refractivity contribution < 1.29 is 14.4 Å². The third kappa shape index (κ3) is 3.99. The SMILES string of the molecule is Cc1ccc(C2(C)NC(=O)N(CC(=O)NC(C)c3ccc(-n4ccnc4)cc3)C2=O)cc1. The molecule has 1 aliphatic rings. The zero-order valence-electron chi connectivity index (χ0n) is 18.2. The number of aryl methyl sites for hydroxylation is 1. The van der Waals surface area contributed by atoms with Crippen LogP contribution in [0.25, 0.3) is 5.69 Å². The maximum Gasteiger partial charge on any atom is 0.325 e. The van der Waals surface area contributed by atoms with Crippen molar-refractivity contribution in [3.63, 3.8) is 0 Å². The molecule has 2 aromatic carbocycles. The lowest BCUT2D eigenvalue weighted by atomic mass is 9.91. The van der Waals surface area contributed by atoms with Crippen molar-refractivity contribution in [1.82, 2.24) is 25.1 Å². The number of imidazole rings is 1. The summed E-state index contributed by atoms with van der Waals surface area (Å²) in [5.74, 6) is -0.855. The molecular formula is C24H25N5O3. The van der Waals surface area contributed by atoms with Crippen LogP contribution in [0.15, 0.2) is 67.3 Å². The molecule has 4 amide bonds. The normalized spacial score (nSPS) is 19.0. The molecule has 164 valence electrons. The number of nitrogens with zero attached hydrogens (tertiary/aromatic N) is 3. The van der Waals surface area contributed by atoms with E-state index in [0.29, 0.717) is 5.56 Å². The zero-order valence-corrected chi connectivity index (χ0v) is 18.2. The lowest BCUT2D eigenvalue weighted by Crippen LogP contribution is -2.43. The Balaban J connectivity index is 1.40. The molecule has 3 aromatic rings. The Kier molecular flexibility index (Phi) is 5.52. The largest absolute Gasteiger partial charge is 0.348 e. The molecule has 4 rings (SSSR count). The van der Waals surface area contributed by atoms with E-state index in [-0.39, 0.29) is 12.6 Å². The number of amides is 4. The lowest BCUT2D eigenvalue weighted by molar-refractivity contribution is -0.135. The van der Waals surface area contributed by atoms with Crippen LogP contribution in [-0.4, -0.2) is 38.8 Å². The van der Waals surface area contributed by atoms with Gasteiger partial charge < -0.3 is 15.2 Å². The van der Waals surface area contributed by atoms with E-state index in [4.69, 9.17) is 0 Å². The molecule has 0 spiro atoms. The van der Waals surface area contributed by atoms with E-state index in [0.717, 1.165) is 21.7 Å². The molecule has 1 saturated heterocycles. The highest BCUT2D eigenvalue weighted by atomic mass is 16.2. The smallest absolute Gasteiger partial charge is 0.325 e. The Morgan fingerprint density at radius 1 is 1.12 bits per heavy atom. The summed E-state index contributed by atoms with van der Waals surface area (Å²) in [6, 6.07) is 14.2. The van der Waals surface area contributed by atoms with Crippen molar-refractivity contribution in [2.45, 2.75) is 32.4 Å². The summed E-state index contributed by atoms with van der Waals surface area (Å²) in [7, 11) is 0. The molecule has 0 bridgehead atoms. The number of imide groups is 1. The minimum atomic E-state index is -1.19. The van der Waals surface area contributed by atoms with E-state index in [1.165, 1.54) is 0 Å². The van der Waals surface area contributed by atoms with Gasteiger partial charge in [0.1, 0.15) is 12.1 Å². The predicted molar refractivity (Wildman–Crippen MR) is 119 cm³/mol. The van der Waals surface area contributed by atoms with Gasteiger partial charge in [0.25, 0.3) is 5.91 Å². The average molecular weight is 431 g/mol. The fourth-order valence-corrected chi connectivity index (χ4v) is 3.78. The summed E-state index contributed by atoms with van der Waals surface area (Å²) in [4.78, 5) is 43.1. The number of carbonyl (C=O) groups excluding carboxylic acids is 3. The molecule has 32 heavy (non-hydrogen) atoms. The van der Waals surface area contributed by atoms with Crippen molar-refractivity contribution in [2.75, 3.05) is 6.54 Å². The second-order valence-electron chi connectivity index (χ2n) is 8.16. The summed E-state index contributed by atoms with van der Waals surface area (Å²) in [5, 5.41) is 5.59. The first kappa shape index (κ1) is 21.3. The van der Waals surface area contributed by atoms with Crippen LogP contribution in [0.1, 0.15) is 36.6 Å². The lowest BCUT2D eigenvalue weighted by Gasteiger charge is -2.22. The third-order valence-electron chi connectivity index (χ3n) is 5.78. The number of rotatable bonds is 6. The molecule has 8 heteroatoms. The number of benzene rings is 2. The van der Waals surface area contributed by atoms with E-state index in [2.05, 4.69) is 15.6 Å². The molecule has 2 heterocycles. The van der Waals surface area contributed by atoms with Crippen molar-refractivity contribution in [3.8, 4) is 5.69 Å². The van der Waals surface area contributed by atoms with Crippen LogP contribution >= 0.6 is 0 Å². The van der Waals surface area contributed by atoms with Crippen LogP contribution in [-0.2, 0) is 15.1 Å². The average Bonchev–Trinajstić information content (AvgIpc) is 3.38. The standard InChI is InChI=1S/C24H25N5O3/c1-16-4-8-19(9-5-16)24(3)22(31)29(23(32)27-24)14-21(30)26-17(2)18-6-10-20(11-7-18)28-13-12-25-15-28/h4-13,15,17H,14H2,1-3H3,(H,26,30)(H,27,32). The molecule has 0 saturated carbocycles. The van der Waals surface area contributed by atoms with Crippen molar-refractivity contribution in [2.24, 2.45) is 0 Å². The molecule has 1 aromatic heterocycles. The summed E-state index contributed by atoms with van der Waals surface area (Å²) in [5.41, 5.74) is 2.40. The number of hydrogen-bond acceptors (Lipinski definition) is 4. The zero-order chi connectivity index (χ0) is 22.9. The monoisotopic (exact) mass is 431 g/mol. The van der Waals surface area contributed by atoms with Crippen molar-refractivity contribution in [3.05, 3.63) is 83.9 Å². The van der Waals surface area contributed by atoms with E-state index in [9.17, 15) is 14.4 Å². The van der Waals surface area contributed by atoms with Gasteiger partial charge in [-0.3, -0.25) is 14.5 Å². The molecule has 0 aliphatic carbocycles. The first-order valence-electron chi connectivity index (χ1n) is 10.4. The fourth-order valence-electron chi connectivity index (χ4n) is 3.78. The van der Waals surface area contributed by atoms with E-state index >= 15 is 0 Å². The highest BCUT2D eigenvalue weighted by Gasteiger charge is 2.49. The Morgan fingerprint density at radius 2 is 1.81 bits per heavy atom. The Hall–Kier alpha value is -3.94. The minimum absolute atomic E-state index is 0.288. The van der Waals surface area contributed by atoms with Gasteiger partial charge in [0, 0.05) is 18.1 Å². The van der Waals surface area contributed by atoms with Crippen molar-refractivity contribution in [1.29, 1.82) is 0 Å². The second-order valence-corrected chi connectivity index (χ2v) is 8.16. The molecule has 1 aliphatic heterocycles. The van der Waals surface area contributed by atoms with Crippen LogP contribution < -0.4 is 10.6 Å². The molecule has 2 N–H and O–H groups in total. The van der Waals surface area contributed by atoms with E-state index in [1.807, 2.05) is 73.1 Å². The number of aromatic nitrogens is 2. The summed E-state index contributed by atoms with van der Waals surface area (Å²) in [6.45, 7) is 5.11. The van der Waals surface area contributed by atoms with Gasteiger partial charge in [-0.15, -0.1) is 0 Å². The second kappa shape index (κ2) is 8.30. The first-order chi connectivity index (χ1) is 15.3. The Bertz CT molecular complexity index is 1140. The number of urea groups is 1. The van der Waals surface area contributed by atoms with Crippen LogP contribution in [0.4, 0.5) is 4.79 Å². The van der Waals surface area contributed by atoms with Gasteiger partial charge in [-0.1, -0.05) is 42.0 Å². The maximum atomic E-state index is 13.0. The predicted octanol–water partition coefficient (Wildman–Crippen LogP) is 2.83. The van der Waals surface area contributed by atoms with Gasteiger partial charge in [0.15, 0.2) is 0 Å². The minimum Gasteiger partial charge on any atom is -0.348 e. The van der Waals surface area contributed by atoms with Gasteiger partial charge in [0.05, 0.1) is 12.4 Å². The number of hydrogen-bond donors (Lipinski definition) is 2. The molecule has 2 atom stereocenters. The van der Waals surface area contributed by atoms with Gasteiger partial charge >= 0.3 is 6.03 Å². The van der Waals surface area contributed by atoms with E-state index in [1.54, 1.807) is 19.4 Å². The molecule has 1 fully saturated rings. The van der Waals surface area contributed by atoms with Crippen LogP contribution in [0.2, 0.25) is 0 Å². The molecular weight excluding hydrogens is 406 g/mol. The fraction of sp³-hybridized carbons (Fsp3) is 0.250. The third-order valence-corrected chi connectivity index (χ3v) is 5.78. The van der Waals surface area contributed by atoms with Gasteiger partial charge in [-0.25, -0.2) is 9.78 Å². The number of carbonyl (C=O) groups is 3. The van der Waals surface area contributed by atoms with Crippen LogP contribution in [0.5, 0.6) is 0 Å². The van der Waals surface area contributed by atoms with Crippen LogP contribution in [0.3, 0.4) is 0 Å². The molecule has 2 unspecified atom stereocenters. The van der Waals surface area contributed by atoms with Crippen LogP contribution in [0, 0.1) is 6.92 Å². The molecule has 8 nitrogen and oxygen atoms in total. The summed E-state index contributed by atoms with van der Waals surface area (Å²) >= 11 is 0. The highest BCUT2D eigenvalue weighted by molar-refractivity contribution is 6.09. The van der Waals surface area contributed by atoms with Gasteiger partial charge in [-0.05, 0) is 44.0 Å². The van der Waals surface area contributed by atoms with Gasteiger partial charge in [-0.2, -0.15) is 0 Å². The number of nitrogens with one attached hydrogen (secondary N) is 2. The van der Waals surface area contributed by atoms with Crippen molar-refractivity contribution >= 4 is 17.8 Å². The van der Waals surface area contributed by atoms with Gasteiger partial charge in [0.2, 0.25) is 5.91 Å².